The lowest BCUT2D eigenvalue weighted by atomic mass is 9.89. The van der Waals surface area contributed by atoms with E-state index in [0.29, 0.717) is 35.1 Å². The Labute approximate surface area is 275 Å². The lowest BCUT2D eigenvalue weighted by molar-refractivity contribution is -0.903. The van der Waals surface area contributed by atoms with Crippen molar-refractivity contribution in [3.05, 3.63) is 104 Å². The number of aromatic amines is 1. The standard InChI is InChI=1S/C32H33F3N8O3.ClH/c1-19-14-25(40(3)39-19)18-43(4,5)13-12-22-15-21(17-36)10-11-26(22)28-27(29(44)46-6)20(2)41(30-37-38-31(45)42(28)30)24-9-7-8-23(16-24)32(33,34)35;/h7-11,14-16,28H,12-13,18H2,1-6H3;1H/t28-;/m1./s1. The Kier molecular flexibility index (Phi) is 9.75. The number of allylic oxidation sites excluding steroid dienone is 1. The number of esters is 1. The molecule has 15 heteroatoms. The van der Waals surface area contributed by atoms with Crippen LogP contribution < -0.4 is 23.0 Å². The Morgan fingerprint density at radius 1 is 1.15 bits per heavy atom. The van der Waals surface area contributed by atoms with E-state index in [4.69, 9.17) is 4.74 Å². The van der Waals surface area contributed by atoms with Gasteiger partial charge in [0.25, 0.3) is 0 Å². The number of nitrogens with zero attached hydrogens (tertiary/aromatic N) is 7. The lowest BCUT2D eigenvalue weighted by Crippen LogP contribution is -3.00. The summed E-state index contributed by atoms with van der Waals surface area (Å²) in [6.45, 7) is 4.81. The normalized spacial score (nSPS) is 14.8. The first-order chi connectivity index (χ1) is 21.6. The second-order valence-corrected chi connectivity index (χ2v) is 12.0. The number of anilines is 2. The zero-order chi connectivity index (χ0) is 33.6. The number of carbonyl (C=O) groups excluding carboxylic acids is 1. The molecule has 0 aliphatic carbocycles. The van der Waals surface area contributed by atoms with E-state index >= 15 is 0 Å². The number of carbonyl (C=O) groups is 1. The van der Waals surface area contributed by atoms with Gasteiger partial charge < -0.3 is 21.6 Å². The molecule has 11 nitrogen and oxygen atoms in total. The molecule has 0 bridgehead atoms. The van der Waals surface area contributed by atoms with E-state index in [9.17, 15) is 28.0 Å². The molecule has 248 valence electrons. The number of hydrogen-bond donors (Lipinski definition) is 1. The minimum atomic E-state index is -4.62. The highest BCUT2D eigenvalue weighted by molar-refractivity contribution is 5.93. The molecular weight excluding hydrogens is 637 g/mol. The highest BCUT2D eigenvalue weighted by Crippen LogP contribution is 2.43. The van der Waals surface area contributed by atoms with Gasteiger partial charge in [-0.25, -0.2) is 19.3 Å². The number of quaternary nitrogens is 1. The summed E-state index contributed by atoms with van der Waals surface area (Å²) in [5.74, 6) is -0.770. The van der Waals surface area contributed by atoms with Crippen LogP contribution in [0.2, 0.25) is 0 Å². The molecule has 0 radical (unpaired) electrons. The van der Waals surface area contributed by atoms with Gasteiger partial charge in [0, 0.05) is 24.9 Å². The number of nitrogens with one attached hydrogen (secondary N) is 1. The molecule has 5 rings (SSSR count). The van der Waals surface area contributed by atoms with Crippen LogP contribution in [0.5, 0.6) is 0 Å². The van der Waals surface area contributed by atoms with E-state index in [-0.39, 0.29) is 35.3 Å². The molecule has 1 N–H and O–H groups in total. The summed E-state index contributed by atoms with van der Waals surface area (Å²) in [6.07, 6.45) is -4.15. The van der Waals surface area contributed by atoms with Gasteiger partial charge in [-0.05, 0) is 61.4 Å². The summed E-state index contributed by atoms with van der Waals surface area (Å²) < 4.78 is 49.8. The molecule has 0 unspecified atom stereocenters. The second kappa shape index (κ2) is 13.1. The maximum atomic E-state index is 13.7. The van der Waals surface area contributed by atoms with Crippen LogP contribution in [0.3, 0.4) is 0 Å². The number of methoxy groups -OCH3 is 1. The van der Waals surface area contributed by atoms with Gasteiger partial charge in [-0.15, -0.1) is 5.10 Å². The van der Waals surface area contributed by atoms with Crippen LogP contribution in [-0.2, 0) is 35.7 Å². The zero-order valence-corrected chi connectivity index (χ0v) is 27.4. The molecule has 1 aliphatic rings. The van der Waals surface area contributed by atoms with Crippen molar-refractivity contribution in [1.29, 1.82) is 5.26 Å². The van der Waals surface area contributed by atoms with Crippen molar-refractivity contribution in [1.82, 2.24) is 24.5 Å². The molecule has 0 saturated heterocycles. The number of H-pyrrole nitrogens is 1. The number of aryl methyl sites for hydroxylation is 2. The number of alkyl halides is 3. The first-order valence-electron chi connectivity index (χ1n) is 14.4. The number of ether oxygens (including phenoxy) is 1. The Morgan fingerprint density at radius 2 is 1.87 bits per heavy atom. The number of likely N-dealkylation sites (N-methyl/N-ethyl adjacent to an activating group) is 1. The molecule has 0 spiro atoms. The van der Waals surface area contributed by atoms with E-state index in [2.05, 4.69) is 35.5 Å². The van der Waals surface area contributed by atoms with E-state index in [1.165, 1.54) is 28.7 Å². The number of hydrogen-bond acceptors (Lipinski definition) is 7. The Morgan fingerprint density at radius 3 is 2.49 bits per heavy atom. The number of fused-ring (bicyclic) bond motifs is 1. The fourth-order valence-electron chi connectivity index (χ4n) is 5.99. The van der Waals surface area contributed by atoms with Gasteiger partial charge in [-0.2, -0.15) is 23.5 Å². The number of rotatable bonds is 8. The average Bonchev–Trinajstić information content (AvgIpc) is 3.53. The molecule has 2 aromatic heterocycles. The second-order valence-electron chi connectivity index (χ2n) is 12.0. The van der Waals surface area contributed by atoms with Gasteiger partial charge in [0.15, 0.2) is 0 Å². The van der Waals surface area contributed by atoms with Crippen LogP contribution in [0.25, 0.3) is 0 Å². The Hall–Kier alpha value is -4.87. The summed E-state index contributed by atoms with van der Waals surface area (Å²) in [6, 6.07) is 12.7. The molecular formula is C32H34ClF3N8O3. The third-order valence-corrected chi connectivity index (χ3v) is 8.22. The average molecular weight is 671 g/mol. The maximum Gasteiger partial charge on any atom is 0.416 e. The number of aromatic nitrogens is 5. The van der Waals surface area contributed by atoms with Crippen molar-refractivity contribution in [3.63, 3.8) is 0 Å². The summed E-state index contributed by atoms with van der Waals surface area (Å²) in [7, 11) is 7.24. The first kappa shape index (κ1) is 35.0. The Balaban J connectivity index is 0.00000500. The van der Waals surface area contributed by atoms with Gasteiger partial charge in [0.05, 0.1) is 61.9 Å². The molecule has 4 aromatic rings. The maximum absolute atomic E-state index is 13.7. The third kappa shape index (κ3) is 6.81. The minimum absolute atomic E-state index is 0. The first-order valence-corrected chi connectivity index (χ1v) is 14.4. The van der Waals surface area contributed by atoms with Gasteiger partial charge in [0.2, 0.25) is 5.95 Å². The number of benzene rings is 2. The number of halogens is 4. The van der Waals surface area contributed by atoms with Gasteiger partial charge in [-0.1, -0.05) is 12.1 Å². The van der Waals surface area contributed by atoms with Crippen molar-refractivity contribution in [2.75, 3.05) is 32.6 Å². The molecule has 0 saturated carbocycles. The largest absolute Gasteiger partial charge is 1.00 e. The summed E-state index contributed by atoms with van der Waals surface area (Å²) in [4.78, 5) is 28.2. The molecule has 1 atom stereocenters. The predicted octanol–water partition coefficient (Wildman–Crippen LogP) is 1.51. The summed E-state index contributed by atoms with van der Waals surface area (Å²) in [5.41, 5.74) is 2.39. The predicted molar refractivity (Wildman–Crippen MR) is 163 cm³/mol. The van der Waals surface area contributed by atoms with Gasteiger partial charge in [-0.3, -0.25) is 9.58 Å². The monoisotopic (exact) mass is 670 g/mol. The fourth-order valence-corrected chi connectivity index (χ4v) is 5.99. The van der Waals surface area contributed by atoms with Crippen LogP contribution in [0.1, 0.15) is 46.6 Å². The highest BCUT2D eigenvalue weighted by Gasteiger charge is 2.41. The van der Waals surface area contributed by atoms with Crippen molar-refractivity contribution in [2.45, 2.75) is 39.0 Å². The molecule has 3 heterocycles. The third-order valence-electron chi connectivity index (χ3n) is 8.22. The van der Waals surface area contributed by atoms with Crippen LogP contribution in [0.15, 0.2) is 64.6 Å². The van der Waals surface area contributed by atoms with Crippen LogP contribution in [-0.4, -0.2) is 62.7 Å². The summed E-state index contributed by atoms with van der Waals surface area (Å²) in [5, 5.41) is 20.8. The SMILES string of the molecule is COC(=O)C1=C(C)N(c2cccc(C(F)(F)F)c2)c2n[nH]c(=O)n2[C@@H]1c1ccc(C#N)cc1CC[N+](C)(C)Cc1cc(C)nn1C.[Cl-]. The Bertz CT molecular complexity index is 1950. The smallest absolute Gasteiger partial charge is 0.416 e. The molecule has 47 heavy (non-hydrogen) atoms. The van der Waals surface area contributed by atoms with E-state index in [1.54, 1.807) is 25.1 Å². The van der Waals surface area contributed by atoms with Crippen LogP contribution in [0, 0.1) is 18.3 Å². The number of nitriles is 1. The molecule has 0 fully saturated rings. The van der Waals surface area contributed by atoms with Crippen LogP contribution in [0.4, 0.5) is 24.8 Å². The summed E-state index contributed by atoms with van der Waals surface area (Å²) >= 11 is 0. The zero-order valence-electron chi connectivity index (χ0n) is 26.7. The van der Waals surface area contributed by atoms with Gasteiger partial charge in [0.1, 0.15) is 12.6 Å². The quantitative estimate of drug-likeness (QED) is 0.223. The van der Waals surface area contributed by atoms with Crippen molar-refractivity contribution in [3.8, 4) is 6.07 Å². The van der Waals surface area contributed by atoms with Crippen molar-refractivity contribution in [2.24, 2.45) is 7.05 Å². The highest BCUT2D eigenvalue weighted by atomic mass is 35.5. The van der Waals surface area contributed by atoms with Gasteiger partial charge >= 0.3 is 17.8 Å². The van der Waals surface area contributed by atoms with Crippen molar-refractivity contribution < 1.29 is 39.6 Å². The van der Waals surface area contributed by atoms with E-state index in [1.807, 2.05) is 24.7 Å². The fraction of sp³-hybridized carbons (Fsp3) is 0.344. The minimum Gasteiger partial charge on any atom is -1.00 e. The van der Waals surface area contributed by atoms with E-state index < -0.39 is 29.4 Å². The lowest BCUT2D eigenvalue weighted by Gasteiger charge is -2.36. The van der Waals surface area contributed by atoms with E-state index in [0.717, 1.165) is 29.1 Å². The molecule has 1 aliphatic heterocycles. The molecule has 0 amide bonds. The van der Waals surface area contributed by atoms with Crippen LogP contribution >= 0.6 is 0 Å². The topological polar surface area (TPSA) is 122 Å². The van der Waals surface area contributed by atoms with Crippen molar-refractivity contribution >= 4 is 17.6 Å². The molecule has 2 aromatic carbocycles.